The van der Waals surface area contributed by atoms with Crippen LogP contribution in [0.25, 0.3) is 22.6 Å². The molecule has 5 nitrogen and oxygen atoms in total. The van der Waals surface area contributed by atoms with E-state index in [1.54, 1.807) is 25.2 Å². The maximum Gasteiger partial charge on any atom is 0.573 e. The predicted molar refractivity (Wildman–Crippen MR) is 91.5 cm³/mol. The van der Waals surface area contributed by atoms with E-state index in [0.29, 0.717) is 34.0 Å². The van der Waals surface area contributed by atoms with Crippen molar-refractivity contribution in [1.82, 2.24) is 4.98 Å². The van der Waals surface area contributed by atoms with E-state index >= 15 is 0 Å². The number of anilines is 1. The summed E-state index contributed by atoms with van der Waals surface area (Å²) in [6.07, 6.45) is -2.05. The zero-order valence-electron chi connectivity index (χ0n) is 13.6. The van der Waals surface area contributed by atoms with E-state index in [1.165, 1.54) is 36.7 Å². The van der Waals surface area contributed by atoms with Gasteiger partial charge >= 0.3 is 6.36 Å². The average molecular weight is 361 g/mol. The van der Waals surface area contributed by atoms with Gasteiger partial charge in [-0.2, -0.15) is 0 Å². The molecule has 0 saturated carbocycles. The predicted octanol–water partition coefficient (Wildman–Crippen LogP) is 4.95. The van der Waals surface area contributed by atoms with E-state index < -0.39 is 6.36 Å². The van der Waals surface area contributed by atoms with Crippen LogP contribution in [0.1, 0.15) is 5.56 Å². The monoisotopic (exact) mass is 361 g/mol. The van der Waals surface area contributed by atoms with Crippen LogP contribution < -0.4 is 10.1 Å². The molecule has 2 N–H and O–H groups in total. The number of hydrogen-bond acceptors (Lipinski definition) is 5. The van der Waals surface area contributed by atoms with Crippen molar-refractivity contribution < 1.29 is 22.3 Å². The molecule has 0 bridgehead atoms. The number of ether oxygens (including phenoxy) is 1. The van der Waals surface area contributed by atoms with Crippen LogP contribution in [0, 0.1) is 5.41 Å². The summed E-state index contributed by atoms with van der Waals surface area (Å²) in [5.41, 5.74) is 2.31. The van der Waals surface area contributed by atoms with E-state index in [4.69, 9.17) is 9.83 Å². The second kappa shape index (κ2) is 6.91. The van der Waals surface area contributed by atoms with Gasteiger partial charge in [0.1, 0.15) is 17.3 Å². The van der Waals surface area contributed by atoms with Crippen LogP contribution in [0.5, 0.6) is 5.75 Å². The Labute approximate surface area is 146 Å². The summed E-state index contributed by atoms with van der Waals surface area (Å²) < 4.78 is 46.1. The van der Waals surface area contributed by atoms with Gasteiger partial charge in [-0.3, -0.25) is 0 Å². The molecule has 2 heterocycles. The molecule has 0 fully saturated rings. The van der Waals surface area contributed by atoms with Gasteiger partial charge in [-0.1, -0.05) is 0 Å². The van der Waals surface area contributed by atoms with Crippen molar-refractivity contribution in [2.75, 3.05) is 12.4 Å². The molecule has 2 aromatic heterocycles. The SMILES string of the molecule is CNc1nc(-c2ccc(OC(F)(F)F)cc2)cc(-c2ccco2)c1C=N. The largest absolute Gasteiger partial charge is 0.573 e. The van der Waals surface area contributed by atoms with E-state index in [1.807, 2.05) is 0 Å². The van der Waals surface area contributed by atoms with Gasteiger partial charge in [-0.15, -0.1) is 13.2 Å². The lowest BCUT2D eigenvalue weighted by molar-refractivity contribution is -0.274. The van der Waals surface area contributed by atoms with Gasteiger partial charge in [-0.25, -0.2) is 4.98 Å². The van der Waals surface area contributed by atoms with Gasteiger partial charge in [0.05, 0.1) is 12.0 Å². The number of alkyl halides is 3. The zero-order valence-corrected chi connectivity index (χ0v) is 13.6. The average Bonchev–Trinajstić information content (AvgIpc) is 3.14. The van der Waals surface area contributed by atoms with Crippen LogP contribution in [-0.2, 0) is 0 Å². The van der Waals surface area contributed by atoms with E-state index in [2.05, 4.69) is 15.0 Å². The quantitative estimate of drug-likeness (QED) is 0.631. The summed E-state index contributed by atoms with van der Waals surface area (Å²) in [6.45, 7) is 0. The highest BCUT2D eigenvalue weighted by Gasteiger charge is 2.31. The molecule has 0 aliphatic heterocycles. The second-order valence-corrected chi connectivity index (χ2v) is 5.26. The zero-order chi connectivity index (χ0) is 18.7. The number of nitrogens with one attached hydrogen (secondary N) is 2. The lowest BCUT2D eigenvalue weighted by Gasteiger charge is -2.13. The topological polar surface area (TPSA) is 71.1 Å². The molecule has 134 valence electrons. The van der Waals surface area contributed by atoms with Crippen LogP contribution in [0.2, 0.25) is 0 Å². The molecule has 0 saturated heterocycles. The highest BCUT2D eigenvalue weighted by atomic mass is 19.4. The summed E-state index contributed by atoms with van der Waals surface area (Å²) >= 11 is 0. The van der Waals surface area contributed by atoms with Crippen molar-refractivity contribution in [3.8, 4) is 28.3 Å². The molecule has 0 radical (unpaired) electrons. The molecule has 1 aromatic carbocycles. The Morgan fingerprint density at radius 1 is 1.19 bits per heavy atom. The van der Waals surface area contributed by atoms with E-state index in [9.17, 15) is 13.2 Å². The van der Waals surface area contributed by atoms with Crippen molar-refractivity contribution >= 4 is 12.0 Å². The molecule has 26 heavy (non-hydrogen) atoms. The number of rotatable bonds is 5. The van der Waals surface area contributed by atoms with Crippen LogP contribution >= 0.6 is 0 Å². The lowest BCUT2D eigenvalue weighted by atomic mass is 10.0. The van der Waals surface area contributed by atoms with E-state index in [0.717, 1.165) is 0 Å². The summed E-state index contributed by atoms with van der Waals surface area (Å²) in [7, 11) is 1.67. The van der Waals surface area contributed by atoms with Gasteiger partial charge in [0.2, 0.25) is 0 Å². The fourth-order valence-electron chi connectivity index (χ4n) is 2.50. The summed E-state index contributed by atoms with van der Waals surface area (Å²) in [6, 6.07) is 10.6. The van der Waals surface area contributed by atoms with Gasteiger partial charge in [0.25, 0.3) is 0 Å². The van der Waals surface area contributed by atoms with Crippen molar-refractivity contribution in [3.63, 3.8) is 0 Å². The third-order valence-corrected chi connectivity index (χ3v) is 3.61. The Morgan fingerprint density at radius 3 is 2.46 bits per heavy atom. The number of pyridine rings is 1. The van der Waals surface area contributed by atoms with Gasteiger partial charge < -0.3 is 19.9 Å². The fourth-order valence-corrected chi connectivity index (χ4v) is 2.50. The molecule has 3 rings (SSSR count). The smallest absolute Gasteiger partial charge is 0.464 e. The first-order valence-electron chi connectivity index (χ1n) is 7.54. The van der Waals surface area contributed by atoms with Crippen molar-refractivity contribution in [2.45, 2.75) is 6.36 Å². The Kier molecular flexibility index (Phi) is 4.66. The second-order valence-electron chi connectivity index (χ2n) is 5.26. The Hall–Kier alpha value is -3.29. The maximum atomic E-state index is 12.3. The van der Waals surface area contributed by atoms with E-state index in [-0.39, 0.29) is 5.75 Å². The molecule has 0 spiro atoms. The first-order valence-corrected chi connectivity index (χ1v) is 7.54. The van der Waals surface area contributed by atoms with Gasteiger partial charge in [-0.05, 0) is 42.5 Å². The standard InChI is InChI=1S/C18H14F3N3O2/c1-23-17-14(10-22)13(16-3-2-8-25-16)9-15(24-17)11-4-6-12(7-5-11)26-18(19,20)21/h2-10,22H,1H3,(H,23,24). The molecule has 0 atom stereocenters. The molecule has 0 aliphatic rings. The molecule has 0 unspecified atom stereocenters. The minimum Gasteiger partial charge on any atom is -0.464 e. The number of nitrogens with zero attached hydrogens (tertiary/aromatic N) is 1. The van der Waals surface area contributed by atoms with Crippen LogP contribution in [0.4, 0.5) is 19.0 Å². The fraction of sp³-hybridized carbons (Fsp3) is 0.111. The highest BCUT2D eigenvalue weighted by Crippen LogP contribution is 2.33. The summed E-state index contributed by atoms with van der Waals surface area (Å²) in [5.74, 6) is 0.706. The lowest BCUT2D eigenvalue weighted by Crippen LogP contribution is -2.16. The number of hydrogen-bond donors (Lipinski definition) is 2. The van der Waals surface area contributed by atoms with Crippen LogP contribution in [0.3, 0.4) is 0 Å². The number of halogens is 3. The molecular weight excluding hydrogens is 347 g/mol. The molecule has 3 aromatic rings. The summed E-state index contributed by atoms with van der Waals surface area (Å²) in [4.78, 5) is 4.44. The minimum atomic E-state index is -4.74. The van der Waals surface area contributed by atoms with Crippen molar-refractivity contribution in [1.29, 1.82) is 5.41 Å². The highest BCUT2D eigenvalue weighted by molar-refractivity contribution is 5.95. The van der Waals surface area contributed by atoms with Gasteiger partial charge in [0.15, 0.2) is 0 Å². The number of furan rings is 1. The maximum absolute atomic E-state index is 12.3. The third kappa shape index (κ3) is 3.69. The first kappa shape index (κ1) is 17.5. The molecule has 0 aliphatic carbocycles. The van der Waals surface area contributed by atoms with Crippen LogP contribution in [-0.4, -0.2) is 24.6 Å². The van der Waals surface area contributed by atoms with Crippen LogP contribution in [0.15, 0.2) is 53.1 Å². The number of benzene rings is 1. The first-order chi connectivity index (χ1) is 12.4. The Bertz CT molecular complexity index is 905. The molecular formula is C18H14F3N3O2. The molecule has 8 heteroatoms. The number of aromatic nitrogens is 1. The van der Waals surface area contributed by atoms with Gasteiger partial charge in [0, 0.05) is 30.0 Å². The molecule has 0 amide bonds. The van der Waals surface area contributed by atoms with Crippen molar-refractivity contribution in [2.24, 2.45) is 0 Å². The minimum absolute atomic E-state index is 0.308. The third-order valence-electron chi connectivity index (χ3n) is 3.61. The Balaban J connectivity index is 2.05. The normalized spacial score (nSPS) is 11.2. The Morgan fingerprint density at radius 2 is 1.92 bits per heavy atom. The summed E-state index contributed by atoms with van der Waals surface area (Å²) in [5, 5.41) is 10.6. The van der Waals surface area contributed by atoms with Crippen molar-refractivity contribution in [3.05, 3.63) is 54.3 Å².